The number of amides is 2. The Morgan fingerprint density at radius 1 is 0.872 bits per heavy atom. The summed E-state index contributed by atoms with van der Waals surface area (Å²) in [5.74, 6) is -0.611. The number of hydrogen-bond donors (Lipinski definition) is 1. The van der Waals surface area contributed by atoms with E-state index < -0.39 is 28.5 Å². The van der Waals surface area contributed by atoms with Crippen molar-refractivity contribution in [2.75, 3.05) is 18.0 Å². The lowest BCUT2D eigenvalue weighted by atomic mass is 10.0. The summed E-state index contributed by atoms with van der Waals surface area (Å²) in [5.41, 5.74) is 3.44. The van der Waals surface area contributed by atoms with Crippen molar-refractivity contribution < 1.29 is 22.7 Å². The van der Waals surface area contributed by atoms with Crippen LogP contribution in [0.3, 0.4) is 0 Å². The van der Waals surface area contributed by atoms with Gasteiger partial charge in [-0.05, 0) is 80.3 Å². The third-order valence-corrected chi connectivity index (χ3v) is 10.0. The van der Waals surface area contributed by atoms with Crippen LogP contribution in [0, 0.1) is 13.8 Å². The third-order valence-electron chi connectivity index (χ3n) is 8.00. The SMILES string of the molecule is CCC(C)NC(=O)C(Cc1ccccc1)N(Cc1cccc(Cl)c1)C(=O)CN(c1cc(C)ccc1OC)S(=O)(=O)c1ccc(C)cc1. The molecule has 2 amide bonds. The van der Waals surface area contributed by atoms with Crippen LogP contribution < -0.4 is 14.4 Å². The van der Waals surface area contributed by atoms with Gasteiger partial charge < -0.3 is 15.0 Å². The highest BCUT2D eigenvalue weighted by Gasteiger charge is 2.36. The molecular formula is C37H42ClN3O5S. The third kappa shape index (κ3) is 9.14. The number of rotatable bonds is 14. The van der Waals surface area contributed by atoms with Crippen LogP contribution in [0.25, 0.3) is 0 Å². The van der Waals surface area contributed by atoms with Gasteiger partial charge in [-0.1, -0.05) is 84.8 Å². The molecule has 0 aliphatic rings. The highest BCUT2D eigenvalue weighted by molar-refractivity contribution is 7.92. The van der Waals surface area contributed by atoms with Crippen LogP contribution in [0.1, 0.15) is 42.5 Å². The molecular weight excluding hydrogens is 634 g/mol. The number of aryl methyl sites for hydroxylation is 2. The molecule has 0 heterocycles. The van der Waals surface area contributed by atoms with Gasteiger partial charge >= 0.3 is 0 Å². The molecule has 0 saturated carbocycles. The van der Waals surface area contributed by atoms with Crippen molar-refractivity contribution in [2.45, 2.75) is 64.1 Å². The summed E-state index contributed by atoms with van der Waals surface area (Å²) in [6.07, 6.45) is 0.912. The number of ether oxygens (including phenoxy) is 1. The average molecular weight is 676 g/mol. The summed E-state index contributed by atoms with van der Waals surface area (Å²) in [4.78, 5) is 30.2. The van der Waals surface area contributed by atoms with Crippen LogP contribution >= 0.6 is 11.6 Å². The summed E-state index contributed by atoms with van der Waals surface area (Å²) in [6, 6.07) is 27.0. The van der Waals surface area contributed by atoms with E-state index in [9.17, 15) is 18.0 Å². The molecule has 0 aliphatic carbocycles. The minimum absolute atomic E-state index is 0.0220. The van der Waals surface area contributed by atoms with E-state index in [0.717, 1.165) is 21.0 Å². The predicted octanol–water partition coefficient (Wildman–Crippen LogP) is 6.72. The van der Waals surface area contributed by atoms with Crippen molar-refractivity contribution in [1.82, 2.24) is 10.2 Å². The summed E-state index contributed by atoms with van der Waals surface area (Å²) in [5, 5.41) is 3.52. The van der Waals surface area contributed by atoms with Crippen molar-refractivity contribution in [2.24, 2.45) is 0 Å². The molecule has 0 spiro atoms. The van der Waals surface area contributed by atoms with E-state index in [1.54, 1.807) is 48.5 Å². The Morgan fingerprint density at radius 2 is 1.53 bits per heavy atom. The van der Waals surface area contributed by atoms with Gasteiger partial charge in [-0.25, -0.2) is 8.42 Å². The first-order valence-corrected chi connectivity index (χ1v) is 17.4. The summed E-state index contributed by atoms with van der Waals surface area (Å²) in [6.45, 7) is 7.01. The number of carbonyl (C=O) groups is 2. The first-order valence-electron chi connectivity index (χ1n) is 15.5. The van der Waals surface area contributed by atoms with Gasteiger partial charge in [0.1, 0.15) is 18.3 Å². The number of anilines is 1. The highest BCUT2D eigenvalue weighted by atomic mass is 35.5. The average Bonchev–Trinajstić information content (AvgIpc) is 3.05. The molecule has 0 fully saturated rings. The van der Waals surface area contributed by atoms with Crippen LogP contribution in [-0.2, 0) is 32.6 Å². The van der Waals surface area contributed by atoms with E-state index in [2.05, 4.69) is 5.32 Å². The zero-order valence-electron chi connectivity index (χ0n) is 27.4. The van der Waals surface area contributed by atoms with Crippen molar-refractivity contribution in [1.29, 1.82) is 0 Å². The molecule has 248 valence electrons. The number of nitrogens with one attached hydrogen (secondary N) is 1. The van der Waals surface area contributed by atoms with Gasteiger partial charge in [0.05, 0.1) is 17.7 Å². The van der Waals surface area contributed by atoms with Gasteiger partial charge in [0.15, 0.2) is 0 Å². The molecule has 47 heavy (non-hydrogen) atoms. The van der Waals surface area contributed by atoms with E-state index in [-0.39, 0.29) is 41.2 Å². The maximum absolute atomic E-state index is 14.7. The van der Waals surface area contributed by atoms with Crippen LogP contribution in [0.2, 0.25) is 5.02 Å². The largest absolute Gasteiger partial charge is 0.495 e. The fourth-order valence-electron chi connectivity index (χ4n) is 5.17. The summed E-state index contributed by atoms with van der Waals surface area (Å²) >= 11 is 6.33. The quantitative estimate of drug-likeness (QED) is 0.160. The number of nitrogens with zero attached hydrogens (tertiary/aromatic N) is 2. The highest BCUT2D eigenvalue weighted by Crippen LogP contribution is 2.34. The topological polar surface area (TPSA) is 96.0 Å². The van der Waals surface area contributed by atoms with E-state index in [0.29, 0.717) is 17.0 Å². The maximum Gasteiger partial charge on any atom is 0.264 e. The Hall–Kier alpha value is -4.34. The lowest BCUT2D eigenvalue weighted by molar-refractivity contribution is -0.140. The second-order valence-corrected chi connectivity index (χ2v) is 14.0. The fourth-order valence-corrected chi connectivity index (χ4v) is 6.80. The Bertz CT molecular complexity index is 1780. The monoisotopic (exact) mass is 675 g/mol. The van der Waals surface area contributed by atoms with Crippen LogP contribution in [0.5, 0.6) is 5.75 Å². The minimum Gasteiger partial charge on any atom is -0.495 e. The van der Waals surface area contributed by atoms with Crippen molar-refractivity contribution in [3.05, 3.63) is 124 Å². The van der Waals surface area contributed by atoms with Crippen LogP contribution in [0.15, 0.2) is 102 Å². The van der Waals surface area contributed by atoms with E-state index in [4.69, 9.17) is 16.3 Å². The fraction of sp³-hybridized carbons (Fsp3) is 0.297. The van der Waals surface area contributed by atoms with Gasteiger partial charge in [0, 0.05) is 24.0 Å². The number of sulfonamides is 1. The molecule has 1 N–H and O–H groups in total. The smallest absolute Gasteiger partial charge is 0.264 e. The van der Waals surface area contributed by atoms with Crippen LogP contribution in [0.4, 0.5) is 5.69 Å². The van der Waals surface area contributed by atoms with Crippen molar-refractivity contribution in [3.63, 3.8) is 0 Å². The molecule has 4 aromatic rings. The second-order valence-electron chi connectivity index (χ2n) is 11.7. The molecule has 10 heteroatoms. The van der Waals surface area contributed by atoms with Gasteiger partial charge in [-0.2, -0.15) is 0 Å². The van der Waals surface area contributed by atoms with Gasteiger partial charge in [-0.3, -0.25) is 13.9 Å². The Balaban J connectivity index is 1.86. The van der Waals surface area contributed by atoms with Gasteiger partial charge in [-0.15, -0.1) is 0 Å². The van der Waals surface area contributed by atoms with Crippen molar-refractivity contribution in [3.8, 4) is 5.75 Å². The Kier molecular flexibility index (Phi) is 12.1. The molecule has 0 saturated heterocycles. The first kappa shape index (κ1) is 35.5. The minimum atomic E-state index is -4.27. The first-order chi connectivity index (χ1) is 22.4. The molecule has 2 unspecified atom stereocenters. The zero-order chi connectivity index (χ0) is 34.1. The van der Waals surface area contributed by atoms with Crippen molar-refractivity contribution >= 4 is 39.1 Å². The Labute approximate surface area is 283 Å². The summed E-state index contributed by atoms with van der Waals surface area (Å²) in [7, 11) is -2.82. The molecule has 0 aromatic heterocycles. The van der Waals surface area contributed by atoms with E-state index in [1.165, 1.54) is 24.1 Å². The molecule has 0 aliphatic heterocycles. The standard InChI is InChI=1S/C37H42ClN3O5S/c1-6-28(4)39-37(43)34(23-29-11-8-7-9-12-29)40(24-30-13-10-14-31(38)22-30)36(42)25-41(33-21-27(3)17-20-35(33)46-5)47(44,45)32-18-15-26(2)16-19-32/h7-22,28,34H,6,23-25H2,1-5H3,(H,39,43). The number of hydrogen-bond acceptors (Lipinski definition) is 5. The second kappa shape index (κ2) is 16.0. The maximum atomic E-state index is 14.7. The predicted molar refractivity (Wildman–Crippen MR) is 187 cm³/mol. The lowest BCUT2D eigenvalue weighted by Crippen LogP contribution is -2.54. The number of methoxy groups -OCH3 is 1. The van der Waals surface area contributed by atoms with E-state index in [1.807, 2.05) is 64.1 Å². The number of halogens is 1. The van der Waals surface area contributed by atoms with Gasteiger partial charge in [0.25, 0.3) is 10.0 Å². The van der Waals surface area contributed by atoms with Crippen LogP contribution in [-0.4, -0.2) is 50.9 Å². The molecule has 0 bridgehead atoms. The number of carbonyl (C=O) groups excluding carboxylic acids is 2. The molecule has 2 atom stereocenters. The molecule has 4 aromatic carbocycles. The van der Waals surface area contributed by atoms with E-state index >= 15 is 0 Å². The Morgan fingerprint density at radius 3 is 2.17 bits per heavy atom. The zero-order valence-corrected chi connectivity index (χ0v) is 29.0. The molecule has 4 rings (SSSR count). The van der Waals surface area contributed by atoms with Gasteiger partial charge in [0.2, 0.25) is 11.8 Å². The molecule has 0 radical (unpaired) electrons. The normalized spacial score (nSPS) is 12.6. The summed E-state index contributed by atoms with van der Waals surface area (Å²) < 4.78 is 35.4. The lowest BCUT2D eigenvalue weighted by Gasteiger charge is -2.34. The number of benzene rings is 4. The molecule has 8 nitrogen and oxygen atoms in total.